The van der Waals surface area contributed by atoms with Crippen LogP contribution in [0.25, 0.3) is 0 Å². The Morgan fingerprint density at radius 1 is 1.35 bits per heavy atom. The van der Waals surface area contributed by atoms with E-state index in [1.165, 1.54) is 16.0 Å². The Morgan fingerprint density at radius 2 is 2.10 bits per heavy atom. The molecule has 1 aliphatic rings. The zero-order chi connectivity index (χ0) is 22.8. The largest absolute Gasteiger partial charge is 0.462 e. The Kier molecular flexibility index (Phi) is 6.48. The molecular formula is C19H25N4O7S+. The number of aromatic nitrogens is 2. The standard InChI is InChI=1S/C19H24N4O7S/c1-5-28-17(26)15-11-6-7-22(18(27)29-19(2,3)4)8-12(11)31-16(15)20-13(24)9-23-10-14(25)30-21-23/h10H,5-9H2,1-4H3,(H-,20,21,24,25,26)/p+1. The van der Waals surface area contributed by atoms with Crippen molar-refractivity contribution in [3.05, 3.63) is 32.6 Å². The van der Waals surface area contributed by atoms with Gasteiger partial charge >= 0.3 is 17.7 Å². The highest BCUT2D eigenvalue weighted by Gasteiger charge is 2.33. The number of fused-ring (bicyclic) bond motifs is 1. The first-order valence-electron chi connectivity index (χ1n) is 9.74. The number of aromatic amines is 1. The van der Waals surface area contributed by atoms with Crippen LogP contribution in [-0.4, -0.2) is 46.9 Å². The molecule has 0 bridgehead atoms. The molecule has 11 nitrogen and oxygen atoms in total. The monoisotopic (exact) mass is 453 g/mol. The van der Waals surface area contributed by atoms with Gasteiger partial charge in [-0.1, -0.05) is 4.68 Å². The van der Waals surface area contributed by atoms with Crippen molar-refractivity contribution in [2.24, 2.45) is 0 Å². The molecule has 0 fully saturated rings. The van der Waals surface area contributed by atoms with E-state index in [0.29, 0.717) is 23.5 Å². The van der Waals surface area contributed by atoms with Crippen LogP contribution in [-0.2, 0) is 33.8 Å². The minimum absolute atomic E-state index is 0.187. The van der Waals surface area contributed by atoms with Gasteiger partial charge in [-0.25, -0.2) is 14.4 Å². The molecule has 0 aliphatic carbocycles. The molecule has 0 spiro atoms. The second-order valence-corrected chi connectivity index (χ2v) is 9.00. The number of hydrogen-bond acceptors (Lipinski definition) is 8. The number of carbonyl (C=O) groups is 3. The molecule has 168 valence electrons. The molecule has 1 aliphatic heterocycles. The van der Waals surface area contributed by atoms with Crippen LogP contribution in [0.15, 0.2) is 15.5 Å². The number of H-pyrrole nitrogens is 1. The van der Waals surface area contributed by atoms with E-state index in [9.17, 15) is 19.2 Å². The second kappa shape index (κ2) is 8.92. The summed E-state index contributed by atoms with van der Waals surface area (Å²) >= 11 is 1.21. The molecule has 0 radical (unpaired) electrons. The van der Waals surface area contributed by atoms with Gasteiger partial charge in [0.25, 0.3) is 18.6 Å². The Hall–Kier alpha value is -3.15. The Labute approximate surface area is 181 Å². The minimum atomic E-state index is -0.617. The van der Waals surface area contributed by atoms with Gasteiger partial charge in [-0.15, -0.1) is 11.3 Å². The first-order chi connectivity index (χ1) is 14.6. The number of nitrogens with zero attached hydrogens (tertiary/aromatic N) is 2. The maximum Gasteiger partial charge on any atom is 0.426 e. The van der Waals surface area contributed by atoms with Crippen molar-refractivity contribution in [3.8, 4) is 0 Å². The third kappa shape index (κ3) is 5.51. The Bertz CT molecular complexity index is 1050. The summed E-state index contributed by atoms with van der Waals surface area (Å²) in [5, 5.41) is 5.33. The van der Waals surface area contributed by atoms with E-state index in [2.05, 4.69) is 15.1 Å². The van der Waals surface area contributed by atoms with Crippen LogP contribution in [0.3, 0.4) is 0 Å². The van der Waals surface area contributed by atoms with Crippen molar-refractivity contribution < 1.29 is 33.1 Å². The highest BCUT2D eigenvalue weighted by Crippen LogP contribution is 2.38. The van der Waals surface area contributed by atoms with Crippen LogP contribution < -0.4 is 15.6 Å². The van der Waals surface area contributed by atoms with Gasteiger partial charge in [0.05, 0.1) is 18.7 Å². The highest BCUT2D eigenvalue weighted by atomic mass is 32.1. The molecule has 2 aromatic rings. The first kappa shape index (κ1) is 22.5. The molecular weight excluding hydrogens is 428 g/mol. The van der Waals surface area contributed by atoms with E-state index in [1.807, 2.05) is 0 Å². The molecule has 0 saturated heterocycles. The van der Waals surface area contributed by atoms with Gasteiger partial charge < -0.3 is 19.7 Å². The zero-order valence-corrected chi connectivity index (χ0v) is 18.6. The second-order valence-electron chi connectivity index (χ2n) is 7.90. The van der Waals surface area contributed by atoms with Crippen molar-refractivity contribution in [2.45, 2.75) is 52.8 Å². The van der Waals surface area contributed by atoms with Gasteiger partial charge in [0, 0.05) is 11.4 Å². The van der Waals surface area contributed by atoms with Gasteiger partial charge in [-0.3, -0.25) is 9.32 Å². The van der Waals surface area contributed by atoms with Gasteiger partial charge in [-0.2, -0.15) is 0 Å². The summed E-state index contributed by atoms with van der Waals surface area (Å²) < 4.78 is 16.3. The van der Waals surface area contributed by atoms with Crippen molar-refractivity contribution in [1.82, 2.24) is 10.2 Å². The molecule has 12 heteroatoms. The maximum atomic E-state index is 12.6. The van der Waals surface area contributed by atoms with Gasteiger partial charge in [0.15, 0.2) is 0 Å². The molecule has 0 aromatic carbocycles. The van der Waals surface area contributed by atoms with E-state index >= 15 is 0 Å². The summed E-state index contributed by atoms with van der Waals surface area (Å²) in [5.74, 6) is -0.999. The lowest BCUT2D eigenvalue weighted by Crippen LogP contribution is -2.41. The molecule has 31 heavy (non-hydrogen) atoms. The fraction of sp³-hybridized carbons (Fsp3) is 0.526. The van der Waals surface area contributed by atoms with Gasteiger partial charge in [0.2, 0.25) is 0 Å². The summed E-state index contributed by atoms with van der Waals surface area (Å²) in [5.41, 5.74) is -0.185. The predicted molar refractivity (Wildman–Crippen MR) is 109 cm³/mol. The highest BCUT2D eigenvalue weighted by molar-refractivity contribution is 7.17. The zero-order valence-electron chi connectivity index (χ0n) is 17.8. The van der Waals surface area contributed by atoms with Crippen molar-refractivity contribution in [1.29, 1.82) is 0 Å². The minimum Gasteiger partial charge on any atom is -0.462 e. The number of anilines is 1. The molecule has 3 rings (SSSR count). The maximum absolute atomic E-state index is 12.6. The normalized spacial score (nSPS) is 13.5. The van der Waals surface area contributed by atoms with Gasteiger partial charge in [0.1, 0.15) is 10.6 Å². The molecule has 2 amide bonds. The summed E-state index contributed by atoms with van der Waals surface area (Å²) in [6, 6.07) is 0. The molecule has 3 heterocycles. The first-order valence-corrected chi connectivity index (χ1v) is 10.6. The van der Waals surface area contributed by atoms with E-state index < -0.39 is 29.2 Å². The molecule has 0 saturated carbocycles. The summed E-state index contributed by atoms with van der Waals surface area (Å²) in [4.78, 5) is 50.9. The number of thiophene rings is 1. The number of hydrogen-bond donors (Lipinski definition) is 2. The van der Waals surface area contributed by atoms with E-state index in [4.69, 9.17) is 9.47 Å². The summed E-state index contributed by atoms with van der Waals surface area (Å²) in [6.07, 6.45) is 1.10. The van der Waals surface area contributed by atoms with E-state index in [0.717, 1.165) is 16.6 Å². The van der Waals surface area contributed by atoms with Crippen molar-refractivity contribution in [3.63, 3.8) is 0 Å². The topological polar surface area (TPSA) is 135 Å². The smallest absolute Gasteiger partial charge is 0.426 e. The van der Waals surface area contributed by atoms with Crippen LogP contribution in [0.1, 0.15) is 48.5 Å². The lowest BCUT2D eigenvalue weighted by molar-refractivity contribution is -0.750. The molecule has 0 atom stereocenters. The third-order valence-corrected chi connectivity index (χ3v) is 5.41. The fourth-order valence-electron chi connectivity index (χ4n) is 3.08. The van der Waals surface area contributed by atoms with Gasteiger partial charge in [-0.05, 0) is 45.0 Å². The Balaban J connectivity index is 1.83. The van der Waals surface area contributed by atoms with Crippen LogP contribution >= 0.6 is 11.3 Å². The lowest BCUT2D eigenvalue weighted by atomic mass is 10.0. The van der Waals surface area contributed by atoms with E-state index in [-0.39, 0.29) is 19.7 Å². The van der Waals surface area contributed by atoms with Crippen molar-refractivity contribution >= 4 is 34.3 Å². The lowest BCUT2D eigenvalue weighted by Gasteiger charge is -2.30. The van der Waals surface area contributed by atoms with Crippen LogP contribution in [0.5, 0.6) is 0 Å². The number of rotatable bonds is 5. The number of ether oxygens (including phenoxy) is 2. The van der Waals surface area contributed by atoms with Crippen LogP contribution in [0.4, 0.5) is 9.80 Å². The number of amides is 2. The summed E-state index contributed by atoms with van der Waals surface area (Å²) in [7, 11) is 0. The number of esters is 1. The van der Waals surface area contributed by atoms with Crippen molar-refractivity contribution in [2.75, 3.05) is 18.5 Å². The van der Waals surface area contributed by atoms with E-state index in [1.54, 1.807) is 32.6 Å². The molecule has 2 N–H and O–H groups in total. The average Bonchev–Trinajstić information content (AvgIpc) is 3.22. The third-order valence-electron chi connectivity index (χ3n) is 4.28. The predicted octanol–water partition coefficient (Wildman–Crippen LogP) is 1.43. The SMILES string of the molecule is CCOC(=O)c1c(NC(=O)C[n+]2cc(=O)o[nH]2)sc2c1CCN(C(=O)OC(C)(C)C)C2. The average molecular weight is 453 g/mol. The quantitative estimate of drug-likeness (QED) is 0.516. The molecule has 0 unspecified atom stereocenters. The van der Waals surface area contributed by atoms with Crippen LogP contribution in [0.2, 0.25) is 0 Å². The fourth-order valence-corrected chi connectivity index (χ4v) is 4.34. The number of carbonyl (C=O) groups excluding carboxylic acids is 3. The molecule has 2 aromatic heterocycles. The summed E-state index contributed by atoms with van der Waals surface area (Å²) in [6.45, 7) is 7.71. The van der Waals surface area contributed by atoms with Crippen LogP contribution in [0, 0.1) is 0 Å². The number of nitrogens with one attached hydrogen (secondary N) is 2. The Morgan fingerprint density at radius 3 is 2.71 bits per heavy atom.